The number of allylic oxidation sites excluding steroid dienone is 1. The summed E-state index contributed by atoms with van der Waals surface area (Å²) in [6, 6.07) is 0. The Morgan fingerprint density at radius 2 is 2.22 bits per heavy atom. The van der Waals surface area contributed by atoms with Gasteiger partial charge in [0.1, 0.15) is 0 Å². The van der Waals surface area contributed by atoms with Crippen LogP contribution in [0.5, 0.6) is 0 Å². The predicted octanol–water partition coefficient (Wildman–Crippen LogP) is 1.14. The van der Waals surface area contributed by atoms with Crippen molar-refractivity contribution in [3.05, 3.63) is 11.8 Å². The smallest absolute Gasteiger partial charge is 0.331 e. The highest BCUT2D eigenvalue weighted by molar-refractivity contribution is 5.77. The van der Waals surface area contributed by atoms with Gasteiger partial charge in [-0.05, 0) is 18.7 Å². The quantitative estimate of drug-likeness (QED) is 0.446. The highest BCUT2D eigenvalue weighted by atomic mass is 19.3. The highest BCUT2D eigenvalue weighted by Crippen LogP contribution is 1.93. The minimum Gasteiger partial charge on any atom is -0.404 e. The minimum absolute atomic E-state index is 0.523. The van der Waals surface area contributed by atoms with Crippen molar-refractivity contribution in [3.8, 4) is 0 Å². The van der Waals surface area contributed by atoms with Gasteiger partial charge in [-0.1, -0.05) is 0 Å². The summed E-state index contributed by atoms with van der Waals surface area (Å²) in [4.78, 5) is 2.79. The molecule has 0 atom stereocenters. The van der Waals surface area contributed by atoms with E-state index in [1.165, 1.54) is 6.20 Å². The first-order chi connectivity index (χ1) is 4.16. The molecule has 0 saturated carbocycles. The third-order valence-electron chi connectivity index (χ3n) is 0.654. The molecular formula is C5H8F2N2. The molecule has 2 nitrogen and oxygen atoms in total. The van der Waals surface area contributed by atoms with E-state index < -0.39 is 6.55 Å². The minimum atomic E-state index is -2.64. The maximum Gasteiger partial charge on any atom is 0.331 e. The number of halogens is 2. The molecule has 0 spiro atoms. The van der Waals surface area contributed by atoms with Gasteiger partial charge < -0.3 is 5.73 Å². The fourth-order valence-electron chi connectivity index (χ4n) is 0.217. The lowest BCUT2D eigenvalue weighted by Gasteiger charge is -1.87. The predicted molar refractivity (Wildman–Crippen MR) is 32.4 cm³/mol. The lowest BCUT2D eigenvalue weighted by atomic mass is 10.4. The van der Waals surface area contributed by atoms with Crippen LogP contribution < -0.4 is 5.73 Å². The molecule has 0 unspecified atom stereocenters. The zero-order valence-corrected chi connectivity index (χ0v) is 5.01. The summed E-state index contributed by atoms with van der Waals surface area (Å²) in [6.07, 6.45) is 2.25. The number of rotatable bonds is 2. The molecule has 0 aromatic heterocycles. The first kappa shape index (κ1) is 8.07. The molecule has 0 aromatic carbocycles. The molecule has 0 aliphatic heterocycles. The first-order valence-corrected chi connectivity index (χ1v) is 2.36. The number of hydrogen-bond donors (Lipinski definition) is 1. The van der Waals surface area contributed by atoms with Gasteiger partial charge in [-0.15, -0.1) is 0 Å². The molecule has 52 valence electrons. The number of alkyl halides is 2. The SMILES string of the molecule is CC(C=NC(F)F)=CN. The Balaban J connectivity index is 3.71. The van der Waals surface area contributed by atoms with Gasteiger partial charge in [0.2, 0.25) is 0 Å². The third kappa shape index (κ3) is 4.93. The molecule has 2 N–H and O–H groups in total. The van der Waals surface area contributed by atoms with Crippen molar-refractivity contribution in [2.45, 2.75) is 13.5 Å². The van der Waals surface area contributed by atoms with Crippen molar-refractivity contribution in [2.75, 3.05) is 0 Å². The van der Waals surface area contributed by atoms with Gasteiger partial charge in [0.05, 0.1) is 0 Å². The molecular weight excluding hydrogens is 126 g/mol. The zero-order chi connectivity index (χ0) is 7.28. The Morgan fingerprint density at radius 1 is 1.67 bits per heavy atom. The zero-order valence-electron chi connectivity index (χ0n) is 5.01. The second-order valence-electron chi connectivity index (χ2n) is 1.47. The Kier molecular flexibility index (Phi) is 3.59. The summed E-state index contributed by atoms with van der Waals surface area (Å²) in [5.41, 5.74) is 5.48. The molecule has 0 aliphatic carbocycles. The average molecular weight is 134 g/mol. The lowest BCUT2D eigenvalue weighted by molar-refractivity contribution is 0.160. The van der Waals surface area contributed by atoms with Gasteiger partial charge in [0.25, 0.3) is 0 Å². The molecule has 0 radical (unpaired) electrons. The third-order valence-corrected chi connectivity index (χ3v) is 0.654. The summed E-state index contributed by atoms with van der Waals surface area (Å²) in [7, 11) is 0. The van der Waals surface area contributed by atoms with Gasteiger partial charge in [0, 0.05) is 6.21 Å². The standard InChI is InChI=1S/C5H8F2N2/c1-4(2-8)3-9-5(6)7/h2-3,5H,8H2,1H3. The molecule has 0 bridgehead atoms. The molecule has 0 amide bonds. The number of nitrogens with two attached hydrogens (primary N) is 1. The van der Waals surface area contributed by atoms with Crippen molar-refractivity contribution in [3.63, 3.8) is 0 Å². The summed E-state index contributed by atoms with van der Waals surface area (Å²) < 4.78 is 22.5. The maximum atomic E-state index is 11.3. The summed E-state index contributed by atoms with van der Waals surface area (Å²) >= 11 is 0. The van der Waals surface area contributed by atoms with E-state index in [4.69, 9.17) is 5.73 Å². The molecule has 0 aliphatic rings. The van der Waals surface area contributed by atoms with Crippen LogP contribution in [0.25, 0.3) is 0 Å². The van der Waals surface area contributed by atoms with E-state index in [9.17, 15) is 8.78 Å². The lowest BCUT2D eigenvalue weighted by Crippen LogP contribution is -1.89. The second-order valence-corrected chi connectivity index (χ2v) is 1.47. The number of hydrogen-bond acceptors (Lipinski definition) is 2. The fourth-order valence-corrected chi connectivity index (χ4v) is 0.217. The van der Waals surface area contributed by atoms with Gasteiger partial charge in [-0.3, -0.25) is 0 Å². The monoisotopic (exact) mass is 134 g/mol. The van der Waals surface area contributed by atoms with E-state index in [2.05, 4.69) is 4.99 Å². The van der Waals surface area contributed by atoms with Crippen molar-refractivity contribution in [1.29, 1.82) is 0 Å². The Bertz CT molecular complexity index is 129. The molecule has 4 heteroatoms. The molecule has 0 saturated heterocycles. The molecule has 0 fully saturated rings. The summed E-state index contributed by atoms with van der Waals surface area (Å²) in [5, 5.41) is 0. The van der Waals surface area contributed by atoms with E-state index in [1.807, 2.05) is 0 Å². The van der Waals surface area contributed by atoms with E-state index >= 15 is 0 Å². The first-order valence-electron chi connectivity index (χ1n) is 2.36. The van der Waals surface area contributed by atoms with Crippen molar-refractivity contribution >= 4 is 6.21 Å². The van der Waals surface area contributed by atoms with Crippen LogP contribution in [0.1, 0.15) is 6.92 Å². The van der Waals surface area contributed by atoms with Gasteiger partial charge in [-0.25, -0.2) is 4.99 Å². The summed E-state index contributed by atoms with van der Waals surface area (Å²) in [5.74, 6) is 0. The van der Waals surface area contributed by atoms with Crippen molar-refractivity contribution in [2.24, 2.45) is 10.7 Å². The number of nitrogens with zero attached hydrogens (tertiary/aromatic N) is 1. The Hall–Kier alpha value is -0.930. The van der Waals surface area contributed by atoms with Crippen molar-refractivity contribution < 1.29 is 8.78 Å². The van der Waals surface area contributed by atoms with Gasteiger partial charge in [0.15, 0.2) is 0 Å². The largest absolute Gasteiger partial charge is 0.404 e. The topological polar surface area (TPSA) is 38.4 Å². The van der Waals surface area contributed by atoms with E-state index in [-0.39, 0.29) is 0 Å². The fraction of sp³-hybridized carbons (Fsp3) is 0.400. The van der Waals surface area contributed by atoms with Gasteiger partial charge in [-0.2, -0.15) is 8.78 Å². The normalized spacial score (nSPS) is 13.6. The highest BCUT2D eigenvalue weighted by Gasteiger charge is 1.91. The van der Waals surface area contributed by atoms with E-state index in [0.29, 0.717) is 5.57 Å². The molecule has 9 heavy (non-hydrogen) atoms. The Morgan fingerprint density at radius 3 is 2.56 bits per heavy atom. The van der Waals surface area contributed by atoms with Crippen LogP contribution in [0.3, 0.4) is 0 Å². The van der Waals surface area contributed by atoms with Crippen LogP contribution in [0.2, 0.25) is 0 Å². The maximum absolute atomic E-state index is 11.3. The van der Waals surface area contributed by atoms with Crippen LogP contribution >= 0.6 is 0 Å². The summed E-state index contributed by atoms with van der Waals surface area (Å²) in [6.45, 7) is -1.05. The molecule has 0 aromatic rings. The molecule has 0 rings (SSSR count). The van der Waals surface area contributed by atoms with Crippen LogP contribution in [-0.4, -0.2) is 12.8 Å². The second kappa shape index (κ2) is 4.00. The average Bonchev–Trinajstić information content (AvgIpc) is 1.83. The van der Waals surface area contributed by atoms with Gasteiger partial charge >= 0.3 is 6.55 Å². The van der Waals surface area contributed by atoms with Crippen LogP contribution in [0.15, 0.2) is 16.8 Å². The van der Waals surface area contributed by atoms with Crippen LogP contribution in [0, 0.1) is 0 Å². The number of aliphatic imine (C=N–C) groups is 1. The van der Waals surface area contributed by atoms with Crippen LogP contribution in [0.4, 0.5) is 8.78 Å². The van der Waals surface area contributed by atoms with Crippen molar-refractivity contribution in [1.82, 2.24) is 0 Å². The molecule has 0 heterocycles. The van der Waals surface area contributed by atoms with E-state index in [1.54, 1.807) is 6.92 Å². The van der Waals surface area contributed by atoms with Crippen LogP contribution in [-0.2, 0) is 0 Å². The van der Waals surface area contributed by atoms with E-state index in [0.717, 1.165) is 6.21 Å². The Labute approximate surface area is 52.1 Å².